The van der Waals surface area contributed by atoms with Gasteiger partial charge in [0.2, 0.25) is 0 Å². The number of nitrogens with zero attached hydrogens (tertiary/aromatic N) is 1. The molecule has 0 saturated heterocycles. The van der Waals surface area contributed by atoms with Crippen molar-refractivity contribution in [3.63, 3.8) is 0 Å². The van der Waals surface area contributed by atoms with Crippen molar-refractivity contribution < 1.29 is 5.11 Å². The zero-order chi connectivity index (χ0) is 13.1. The topological polar surface area (TPSA) is 33.1 Å². The molecule has 1 heterocycles. The molecule has 1 aromatic carbocycles. The van der Waals surface area contributed by atoms with E-state index in [0.29, 0.717) is 10.0 Å². The fourth-order valence-electron chi connectivity index (χ4n) is 1.36. The Morgan fingerprint density at radius 3 is 2.50 bits per heavy atom. The second-order valence-electron chi connectivity index (χ2n) is 3.78. The molecule has 0 bridgehead atoms. The molecule has 0 fully saturated rings. The summed E-state index contributed by atoms with van der Waals surface area (Å²) in [4.78, 5) is 5.25. The van der Waals surface area contributed by atoms with E-state index in [-0.39, 0.29) is 0 Å². The first-order valence-electron chi connectivity index (χ1n) is 5.33. The number of rotatable bonds is 3. The zero-order valence-electron chi connectivity index (χ0n) is 9.60. The van der Waals surface area contributed by atoms with Gasteiger partial charge in [-0.2, -0.15) is 0 Å². The van der Waals surface area contributed by atoms with E-state index in [0.717, 1.165) is 15.5 Å². The van der Waals surface area contributed by atoms with Gasteiger partial charge >= 0.3 is 0 Å². The average molecular weight is 300 g/mol. The Labute approximate surface area is 120 Å². The molecular weight excluding hydrogens is 289 g/mol. The standard InChI is InChI=1S/C13H11Cl2NOS/c1-8(17)9-2-5-13(16-7-9)18-10-3-4-11(14)12(15)6-10/h2-8,17H,1H3/t8-/m1/s1. The monoisotopic (exact) mass is 299 g/mol. The largest absolute Gasteiger partial charge is 0.389 e. The van der Waals surface area contributed by atoms with Crippen molar-refractivity contribution in [3.05, 3.63) is 52.1 Å². The molecule has 2 aromatic rings. The number of pyridine rings is 1. The van der Waals surface area contributed by atoms with Gasteiger partial charge in [0.15, 0.2) is 0 Å². The van der Waals surface area contributed by atoms with Gasteiger partial charge in [-0.05, 0) is 36.8 Å². The van der Waals surface area contributed by atoms with E-state index in [1.807, 2.05) is 18.2 Å². The third kappa shape index (κ3) is 3.39. The van der Waals surface area contributed by atoms with Crippen molar-refractivity contribution in [3.8, 4) is 0 Å². The van der Waals surface area contributed by atoms with Gasteiger partial charge in [0.25, 0.3) is 0 Å². The molecule has 0 radical (unpaired) electrons. The van der Waals surface area contributed by atoms with Crippen LogP contribution in [0.2, 0.25) is 10.0 Å². The molecule has 2 rings (SSSR count). The third-order valence-corrected chi connectivity index (χ3v) is 4.03. The Morgan fingerprint density at radius 1 is 1.17 bits per heavy atom. The summed E-state index contributed by atoms with van der Waals surface area (Å²) in [6.45, 7) is 1.71. The van der Waals surface area contributed by atoms with Gasteiger partial charge in [-0.15, -0.1) is 0 Å². The predicted molar refractivity (Wildman–Crippen MR) is 75.5 cm³/mol. The summed E-state index contributed by atoms with van der Waals surface area (Å²) < 4.78 is 0. The first-order valence-corrected chi connectivity index (χ1v) is 6.90. The van der Waals surface area contributed by atoms with Crippen LogP contribution in [0.3, 0.4) is 0 Å². The lowest BCUT2D eigenvalue weighted by atomic mass is 10.2. The maximum atomic E-state index is 9.39. The minimum absolute atomic E-state index is 0.499. The molecule has 2 nitrogen and oxygen atoms in total. The molecule has 0 amide bonds. The fraction of sp³-hybridized carbons (Fsp3) is 0.154. The minimum Gasteiger partial charge on any atom is -0.389 e. The number of benzene rings is 1. The third-order valence-electron chi connectivity index (χ3n) is 2.36. The Kier molecular flexibility index (Phi) is 4.51. The van der Waals surface area contributed by atoms with E-state index >= 15 is 0 Å². The smallest absolute Gasteiger partial charge is 0.101 e. The lowest BCUT2D eigenvalue weighted by Crippen LogP contribution is -1.92. The second-order valence-corrected chi connectivity index (χ2v) is 5.69. The van der Waals surface area contributed by atoms with Crippen molar-refractivity contribution >= 4 is 35.0 Å². The molecule has 18 heavy (non-hydrogen) atoms. The molecule has 5 heteroatoms. The highest BCUT2D eigenvalue weighted by Crippen LogP contribution is 2.31. The Morgan fingerprint density at radius 2 is 1.94 bits per heavy atom. The fourth-order valence-corrected chi connectivity index (χ4v) is 2.52. The van der Waals surface area contributed by atoms with Crippen LogP contribution in [-0.2, 0) is 0 Å². The summed E-state index contributed by atoms with van der Waals surface area (Å²) in [5.41, 5.74) is 0.800. The van der Waals surface area contributed by atoms with Crippen molar-refractivity contribution in [2.24, 2.45) is 0 Å². The van der Waals surface area contributed by atoms with E-state index in [4.69, 9.17) is 23.2 Å². The Hall–Kier alpha value is -0.740. The summed E-state index contributed by atoms with van der Waals surface area (Å²) in [7, 11) is 0. The van der Waals surface area contributed by atoms with Gasteiger partial charge in [-0.3, -0.25) is 0 Å². The molecule has 1 atom stereocenters. The second kappa shape index (κ2) is 5.93. The summed E-state index contributed by atoms with van der Waals surface area (Å²) >= 11 is 13.3. The molecule has 0 unspecified atom stereocenters. The number of aliphatic hydroxyl groups excluding tert-OH is 1. The van der Waals surface area contributed by atoms with Crippen molar-refractivity contribution in [1.82, 2.24) is 4.98 Å². The van der Waals surface area contributed by atoms with E-state index in [1.165, 1.54) is 11.8 Å². The van der Waals surface area contributed by atoms with Crippen LogP contribution in [0.4, 0.5) is 0 Å². The Balaban J connectivity index is 2.15. The van der Waals surface area contributed by atoms with E-state index < -0.39 is 6.10 Å². The molecule has 1 aromatic heterocycles. The summed E-state index contributed by atoms with van der Waals surface area (Å²) in [6, 6.07) is 9.19. The van der Waals surface area contributed by atoms with Crippen LogP contribution in [0.1, 0.15) is 18.6 Å². The van der Waals surface area contributed by atoms with Crippen LogP contribution in [0, 0.1) is 0 Å². The minimum atomic E-state index is -0.499. The van der Waals surface area contributed by atoms with Crippen LogP contribution in [0.25, 0.3) is 0 Å². The van der Waals surface area contributed by atoms with Crippen LogP contribution in [0.15, 0.2) is 46.5 Å². The van der Waals surface area contributed by atoms with Crippen LogP contribution in [-0.4, -0.2) is 10.1 Å². The van der Waals surface area contributed by atoms with Crippen molar-refractivity contribution in [2.75, 3.05) is 0 Å². The van der Waals surface area contributed by atoms with E-state index in [2.05, 4.69) is 4.98 Å². The maximum absolute atomic E-state index is 9.39. The number of aromatic nitrogens is 1. The maximum Gasteiger partial charge on any atom is 0.101 e. The van der Waals surface area contributed by atoms with Gasteiger partial charge in [-0.1, -0.05) is 41.0 Å². The number of aliphatic hydroxyl groups is 1. The normalized spacial score (nSPS) is 12.4. The molecule has 0 aliphatic rings. The lowest BCUT2D eigenvalue weighted by molar-refractivity contribution is 0.198. The number of halogens is 2. The van der Waals surface area contributed by atoms with E-state index in [9.17, 15) is 5.11 Å². The molecule has 0 saturated carbocycles. The number of hydrogen-bond donors (Lipinski definition) is 1. The summed E-state index contributed by atoms with van der Waals surface area (Å²) in [6.07, 6.45) is 1.17. The molecule has 0 aliphatic carbocycles. The number of hydrogen-bond acceptors (Lipinski definition) is 3. The van der Waals surface area contributed by atoms with Crippen LogP contribution >= 0.6 is 35.0 Å². The summed E-state index contributed by atoms with van der Waals surface area (Å²) in [5.74, 6) is 0. The zero-order valence-corrected chi connectivity index (χ0v) is 11.9. The molecule has 0 aliphatic heterocycles. The van der Waals surface area contributed by atoms with E-state index in [1.54, 1.807) is 25.3 Å². The van der Waals surface area contributed by atoms with Gasteiger partial charge < -0.3 is 5.11 Å². The Bertz CT molecular complexity index is 543. The summed E-state index contributed by atoms with van der Waals surface area (Å²) in [5, 5.41) is 11.3. The van der Waals surface area contributed by atoms with Gasteiger partial charge in [-0.25, -0.2) is 4.98 Å². The molecule has 1 N–H and O–H groups in total. The highest BCUT2D eigenvalue weighted by Gasteiger charge is 2.04. The lowest BCUT2D eigenvalue weighted by Gasteiger charge is -2.06. The first kappa shape index (κ1) is 13.7. The quantitative estimate of drug-likeness (QED) is 0.899. The van der Waals surface area contributed by atoms with Crippen molar-refractivity contribution in [2.45, 2.75) is 22.9 Å². The molecule has 94 valence electrons. The first-order chi connectivity index (χ1) is 8.56. The molecular formula is C13H11Cl2NOS. The van der Waals surface area contributed by atoms with Gasteiger partial charge in [0.1, 0.15) is 5.03 Å². The average Bonchev–Trinajstić information content (AvgIpc) is 2.34. The van der Waals surface area contributed by atoms with Gasteiger partial charge in [0.05, 0.1) is 16.1 Å². The highest BCUT2D eigenvalue weighted by atomic mass is 35.5. The van der Waals surface area contributed by atoms with Crippen LogP contribution < -0.4 is 0 Å². The highest BCUT2D eigenvalue weighted by molar-refractivity contribution is 7.99. The predicted octanol–water partition coefficient (Wildman–Crippen LogP) is 4.59. The SMILES string of the molecule is C[C@@H](O)c1ccc(Sc2ccc(Cl)c(Cl)c2)nc1. The molecule has 0 spiro atoms. The van der Waals surface area contributed by atoms with Crippen molar-refractivity contribution in [1.29, 1.82) is 0 Å². The van der Waals surface area contributed by atoms with Crippen LogP contribution in [0.5, 0.6) is 0 Å². The van der Waals surface area contributed by atoms with Gasteiger partial charge in [0, 0.05) is 11.1 Å².